The minimum atomic E-state index is -0.179. The molecular formula is C34H46N4O4. The summed E-state index contributed by atoms with van der Waals surface area (Å²) in [7, 11) is 0. The lowest BCUT2D eigenvalue weighted by Gasteiger charge is -2.22. The van der Waals surface area contributed by atoms with E-state index >= 15 is 0 Å². The largest absolute Gasteiger partial charge is 0.353 e. The molecule has 0 bridgehead atoms. The fourth-order valence-corrected chi connectivity index (χ4v) is 5.96. The topological polar surface area (TPSA) is 116 Å². The predicted molar refractivity (Wildman–Crippen MR) is 166 cm³/mol. The number of hydrogen-bond donors (Lipinski definition) is 4. The van der Waals surface area contributed by atoms with Crippen LogP contribution < -0.4 is 21.3 Å². The molecule has 0 unspecified atom stereocenters. The van der Waals surface area contributed by atoms with Crippen LogP contribution in [-0.2, 0) is 32.0 Å². The summed E-state index contributed by atoms with van der Waals surface area (Å²) in [6.45, 7) is 0. The Morgan fingerprint density at radius 3 is 1.26 bits per heavy atom. The van der Waals surface area contributed by atoms with Crippen molar-refractivity contribution in [3.63, 3.8) is 0 Å². The number of rotatable bonds is 13. The molecule has 8 heteroatoms. The molecule has 2 aliphatic carbocycles. The van der Waals surface area contributed by atoms with Crippen LogP contribution in [0.4, 0.5) is 11.4 Å². The zero-order valence-electron chi connectivity index (χ0n) is 24.7. The lowest BCUT2D eigenvalue weighted by molar-refractivity contribution is -0.125. The minimum Gasteiger partial charge on any atom is -0.353 e. The molecular weight excluding hydrogens is 528 g/mol. The number of anilines is 2. The van der Waals surface area contributed by atoms with Crippen molar-refractivity contribution in [1.82, 2.24) is 10.6 Å². The Kier molecular flexibility index (Phi) is 12.4. The first-order valence-corrected chi connectivity index (χ1v) is 15.8. The van der Waals surface area contributed by atoms with E-state index in [9.17, 15) is 19.2 Å². The number of amides is 4. The van der Waals surface area contributed by atoms with Gasteiger partial charge in [-0.05, 0) is 61.8 Å². The van der Waals surface area contributed by atoms with Crippen molar-refractivity contribution >= 4 is 35.0 Å². The number of carbonyl (C=O) groups is 4. The number of nitrogens with one attached hydrogen (secondary N) is 4. The Balaban J connectivity index is 1.23. The second kappa shape index (κ2) is 16.7. The van der Waals surface area contributed by atoms with Gasteiger partial charge in [0, 0.05) is 49.1 Å². The van der Waals surface area contributed by atoms with Crippen molar-refractivity contribution in [2.75, 3.05) is 10.6 Å². The van der Waals surface area contributed by atoms with Gasteiger partial charge < -0.3 is 21.3 Å². The summed E-state index contributed by atoms with van der Waals surface area (Å²) >= 11 is 0. The van der Waals surface area contributed by atoms with Gasteiger partial charge in [-0.25, -0.2) is 0 Å². The smallest absolute Gasteiger partial charge is 0.224 e. The third kappa shape index (κ3) is 10.6. The van der Waals surface area contributed by atoms with Crippen LogP contribution in [0.25, 0.3) is 0 Å². The van der Waals surface area contributed by atoms with Gasteiger partial charge in [0.2, 0.25) is 23.6 Å². The first-order chi connectivity index (χ1) is 20.5. The van der Waals surface area contributed by atoms with Crippen molar-refractivity contribution in [1.29, 1.82) is 0 Å². The number of hydrogen-bond acceptors (Lipinski definition) is 4. The zero-order chi connectivity index (χ0) is 29.6. The lowest BCUT2D eigenvalue weighted by atomic mass is 9.95. The SMILES string of the molecule is O=C(CCC(=O)NC1CCCCC1)Nc1ccccc1CCc1ccccc1NC(=O)CCC(=O)NC1CCCCC1. The highest BCUT2D eigenvalue weighted by atomic mass is 16.2. The molecule has 4 N–H and O–H groups in total. The number of carbonyl (C=O) groups excluding carboxylic acids is 4. The van der Waals surface area contributed by atoms with Crippen LogP contribution in [0.3, 0.4) is 0 Å². The third-order valence-electron chi connectivity index (χ3n) is 8.35. The summed E-state index contributed by atoms with van der Waals surface area (Å²) in [4.78, 5) is 50.0. The fourth-order valence-electron chi connectivity index (χ4n) is 5.96. The average molecular weight is 575 g/mol. The number of para-hydroxylation sites is 2. The Hall–Kier alpha value is -3.68. The van der Waals surface area contributed by atoms with E-state index in [1.54, 1.807) is 0 Å². The van der Waals surface area contributed by atoms with Gasteiger partial charge in [-0.3, -0.25) is 19.2 Å². The number of benzene rings is 2. The van der Waals surface area contributed by atoms with Crippen LogP contribution in [-0.4, -0.2) is 35.7 Å². The second-order valence-corrected chi connectivity index (χ2v) is 11.7. The van der Waals surface area contributed by atoms with E-state index in [2.05, 4.69) is 21.3 Å². The highest BCUT2D eigenvalue weighted by Crippen LogP contribution is 2.23. The molecule has 2 aliphatic rings. The summed E-state index contributed by atoms with van der Waals surface area (Å²) in [5.74, 6) is -0.481. The Bertz CT molecular complexity index is 1110. The van der Waals surface area contributed by atoms with E-state index in [0.29, 0.717) is 12.8 Å². The van der Waals surface area contributed by atoms with Crippen molar-refractivity contribution in [3.05, 3.63) is 59.7 Å². The van der Waals surface area contributed by atoms with E-state index in [1.807, 2.05) is 48.5 Å². The van der Waals surface area contributed by atoms with Gasteiger partial charge in [-0.1, -0.05) is 74.9 Å². The molecule has 226 valence electrons. The molecule has 2 aromatic rings. The van der Waals surface area contributed by atoms with E-state index in [4.69, 9.17) is 0 Å². The molecule has 42 heavy (non-hydrogen) atoms. The maximum absolute atomic E-state index is 12.7. The highest BCUT2D eigenvalue weighted by molar-refractivity contribution is 5.94. The predicted octanol–water partition coefficient (Wildman–Crippen LogP) is 5.81. The maximum atomic E-state index is 12.7. The lowest BCUT2D eigenvalue weighted by Crippen LogP contribution is -2.36. The van der Waals surface area contributed by atoms with Gasteiger partial charge in [-0.2, -0.15) is 0 Å². The molecule has 4 amide bonds. The van der Waals surface area contributed by atoms with Crippen LogP contribution in [0.15, 0.2) is 48.5 Å². The summed E-state index contributed by atoms with van der Waals surface area (Å²) in [5, 5.41) is 12.1. The molecule has 4 rings (SSSR count). The van der Waals surface area contributed by atoms with E-state index in [0.717, 1.165) is 73.9 Å². The second-order valence-electron chi connectivity index (χ2n) is 11.7. The first kappa shape index (κ1) is 31.3. The fraction of sp³-hybridized carbons (Fsp3) is 0.529. The van der Waals surface area contributed by atoms with Crippen LogP contribution in [0.1, 0.15) is 101 Å². The maximum Gasteiger partial charge on any atom is 0.224 e. The summed E-state index contributed by atoms with van der Waals surface area (Å²) in [6.07, 6.45) is 13.1. The zero-order valence-corrected chi connectivity index (χ0v) is 24.7. The van der Waals surface area contributed by atoms with Gasteiger partial charge in [0.05, 0.1) is 0 Å². The summed E-state index contributed by atoms with van der Waals surface area (Å²) < 4.78 is 0. The summed E-state index contributed by atoms with van der Waals surface area (Å²) in [5.41, 5.74) is 3.44. The molecule has 0 atom stereocenters. The minimum absolute atomic E-state index is 0.0613. The van der Waals surface area contributed by atoms with Gasteiger partial charge in [0.25, 0.3) is 0 Å². The quantitative estimate of drug-likeness (QED) is 0.242. The van der Waals surface area contributed by atoms with Gasteiger partial charge >= 0.3 is 0 Å². The molecule has 2 fully saturated rings. The van der Waals surface area contributed by atoms with Crippen molar-refractivity contribution in [2.24, 2.45) is 0 Å². The molecule has 2 aromatic carbocycles. The monoisotopic (exact) mass is 574 g/mol. The third-order valence-corrected chi connectivity index (χ3v) is 8.35. The normalized spacial score (nSPS) is 15.9. The van der Waals surface area contributed by atoms with Crippen molar-refractivity contribution in [3.8, 4) is 0 Å². The molecule has 0 saturated heterocycles. The molecule has 0 spiro atoms. The van der Waals surface area contributed by atoms with Crippen LogP contribution in [0.5, 0.6) is 0 Å². The molecule has 0 aliphatic heterocycles. The molecule has 2 saturated carbocycles. The van der Waals surface area contributed by atoms with Gasteiger partial charge in [0.1, 0.15) is 0 Å². The Morgan fingerprint density at radius 2 is 0.857 bits per heavy atom. The molecule has 8 nitrogen and oxygen atoms in total. The van der Waals surface area contributed by atoms with Crippen LogP contribution in [0.2, 0.25) is 0 Å². The highest BCUT2D eigenvalue weighted by Gasteiger charge is 2.18. The average Bonchev–Trinajstić information content (AvgIpc) is 3.00. The van der Waals surface area contributed by atoms with Crippen LogP contribution in [0, 0.1) is 0 Å². The standard InChI is InChI=1S/C34H46N4O4/c39-31(35-27-13-3-1-4-14-27)21-23-33(41)37-29-17-9-7-11-25(29)19-20-26-12-8-10-18-30(26)38-34(42)24-22-32(40)36-28-15-5-2-6-16-28/h7-12,17-18,27-28H,1-6,13-16,19-24H2,(H,35,39)(H,36,40)(H,37,41)(H,38,42). The number of aryl methyl sites for hydroxylation is 2. The molecule has 0 heterocycles. The van der Waals surface area contributed by atoms with E-state index in [-0.39, 0.29) is 61.4 Å². The Labute approximate surface area is 249 Å². The first-order valence-electron chi connectivity index (χ1n) is 15.8. The Morgan fingerprint density at radius 1 is 0.500 bits per heavy atom. The van der Waals surface area contributed by atoms with Crippen molar-refractivity contribution < 1.29 is 19.2 Å². The van der Waals surface area contributed by atoms with Gasteiger partial charge in [-0.15, -0.1) is 0 Å². The molecule has 0 aromatic heterocycles. The van der Waals surface area contributed by atoms with Crippen LogP contribution >= 0.6 is 0 Å². The van der Waals surface area contributed by atoms with E-state index in [1.165, 1.54) is 12.8 Å². The summed E-state index contributed by atoms with van der Waals surface area (Å²) in [6, 6.07) is 15.9. The van der Waals surface area contributed by atoms with E-state index < -0.39 is 0 Å². The van der Waals surface area contributed by atoms with Gasteiger partial charge in [0.15, 0.2) is 0 Å². The van der Waals surface area contributed by atoms with Crippen molar-refractivity contribution in [2.45, 2.75) is 115 Å². The molecule has 0 radical (unpaired) electrons.